The summed E-state index contributed by atoms with van der Waals surface area (Å²) in [5.74, 6) is 0. The highest BCUT2D eigenvalue weighted by Gasteiger charge is 2.03. The van der Waals surface area contributed by atoms with Crippen molar-refractivity contribution < 1.29 is 0 Å². The van der Waals surface area contributed by atoms with Crippen LogP contribution >= 0.6 is 15.9 Å². The third-order valence-electron chi connectivity index (χ3n) is 3.31. The number of nitrogens with one attached hydrogen (secondary N) is 1. The Kier molecular flexibility index (Phi) is 4.07. The molecule has 2 aromatic rings. The number of anilines is 1. The summed E-state index contributed by atoms with van der Waals surface area (Å²) in [6, 6.07) is 12.8. The van der Waals surface area contributed by atoms with Gasteiger partial charge in [-0.1, -0.05) is 24.3 Å². The van der Waals surface area contributed by atoms with E-state index < -0.39 is 0 Å². The molecule has 0 saturated heterocycles. The number of benzene rings is 2. The molecule has 2 heteroatoms. The summed E-state index contributed by atoms with van der Waals surface area (Å²) in [4.78, 5) is 0. The highest BCUT2D eigenvalue weighted by Crippen LogP contribution is 2.24. The minimum absolute atomic E-state index is 0.857. The van der Waals surface area contributed by atoms with Gasteiger partial charge in [-0.3, -0.25) is 0 Å². The number of hydrogen-bond donors (Lipinski definition) is 1. The van der Waals surface area contributed by atoms with E-state index in [-0.39, 0.29) is 0 Å². The van der Waals surface area contributed by atoms with Crippen LogP contribution in [-0.4, -0.2) is 0 Å². The Morgan fingerprint density at radius 1 is 1.06 bits per heavy atom. The molecular weight excluding hydrogens is 286 g/mol. The van der Waals surface area contributed by atoms with Gasteiger partial charge in [-0.05, 0) is 71.1 Å². The molecular formula is C16H18BrN. The minimum Gasteiger partial charge on any atom is -0.380 e. The Balaban J connectivity index is 2.16. The summed E-state index contributed by atoms with van der Waals surface area (Å²) in [6.07, 6.45) is 0. The van der Waals surface area contributed by atoms with Crippen LogP contribution in [0.15, 0.2) is 40.9 Å². The van der Waals surface area contributed by atoms with Gasteiger partial charge in [0.05, 0.1) is 0 Å². The zero-order valence-electron chi connectivity index (χ0n) is 11.0. The Bertz CT molecular complexity index is 559. The van der Waals surface area contributed by atoms with Crippen LogP contribution in [0.5, 0.6) is 0 Å². The van der Waals surface area contributed by atoms with Crippen molar-refractivity contribution in [3.63, 3.8) is 0 Å². The predicted octanol–water partition coefficient (Wildman–Crippen LogP) is 4.99. The van der Waals surface area contributed by atoms with Gasteiger partial charge in [0, 0.05) is 16.7 Å². The molecule has 0 aromatic heterocycles. The van der Waals surface area contributed by atoms with E-state index in [2.05, 4.69) is 78.4 Å². The van der Waals surface area contributed by atoms with E-state index in [1.54, 1.807) is 0 Å². The molecule has 0 aliphatic carbocycles. The zero-order valence-corrected chi connectivity index (χ0v) is 12.6. The Morgan fingerprint density at radius 3 is 2.61 bits per heavy atom. The van der Waals surface area contributed by atoms with Crippen LogP contribution in [0.1, 0.15) is 22.3 Å². The third kappa shape index (κ3) is 2.94. The van der Waals surface area contributed by atoms with Gasteiger partial charge < -0.3 is 5.32 Å². The van der Waals surface area contributed by atoms with E-state index in [1.165, 1.54) is 22.3 Å². The van der Waals surface area contributed by atoms with Crippen LogP contribution in [0.3, 0.4) is 0 Å². The van der Waals surface area contributed by atoms with Crippen LogP contribution in [0.4, 0.5) is 5.69 Å². The van der Waals surface area contributed by atoms with Crippen LogP contribution in [0.25, 0.3) is 0 Å². The predicted molar refractivity (Wildman–Crippen MR) is 82.1 cm³/mol. The van der Waals surface area contributed by atoms with Crippen molar-refractivity contribution in [2.24, 2.45) is 0 Å². The van der Waals surface area contributed by atoms with E-state index in [0.29, 0.717) is 0 Å². The first kappa shape index (κ1) is 13.2. The van der Waals surface area contributed by atoms with Gasteiger partial charge in [-0.25, -0.2) is 0 Å². The van der Waals surface area contributed by atoms with Gasteiger partial charge in [0.2, 0.25) is 0 Å². The fraction of sp³-hybridized carbons (Fsp3) is 0.250. The average molecular weight is 304 g/mol. The van der Waals surface area contributed by atoms with E-state index in [9.17, 15) is 0 Å². The summed E-state index contributed by atoms with van der Waals surface area (Å²) in [6.45, 7) is 7.30. The van der Waals surface area contributed by atoms with Gasteiger partial charge in [0.1, 0.15) is 0 Å². The average Bonchev–Trinajstić information content (AvgIpc) is 2.35. The first-order valence-electron chi connectivity index (χ1n) is 6.13. The molecule has 0 radical (unpaired) electrons. The van der Waals surface area contributed by atoms with E-state index in [0.717, 1.165) is 16.7 Å². The summed E-state index contributed by atoms with van der Waals surface area (Å²) in [5, 5.41) is 3.49. The molecule has 0 unspecified atom stereocenters. The maximum absolute atomic E-state index is 3.57. The fourth-order valence-electron chi connectivity index (χ4n) is 1.97. The smallest absolute Gasteiger partial charge is 0.0489 e. The Morgan fingerprint density at radius 2 is 1.83 bits per heavy atom. The van der Waals surface area contributed by atoms with Gasteiger partial charge in [-0.15, -0.1) is 0 Å². The topological polar surface area (TPSA) is 12.0 Å². The molecule has 0 aliphatic heterocycles. The molecule has 0 spiro atoms. The van der Waals surface area contributed by atoms with Crippen molar-refractivity contribution in [1.82, 2.24) is 0 Å². The molecule has 94 valence electrons. The van der Waals surface area contributed by atoms with Crippen molar-refractivity contribution in [2.45, 2.75) is 27.3 Å². The number of hydrogen-bond acceptors (Lipinski definition) is 1. The standard InChI is InChI=1S/C16H18BrN/c1-11-7-8-15(17)16(9-11)18-10-14-6-4-5-12(2)13(14)3/h4-9,18H,10H2,1-3H3. The molecule has 1 N–H and O–H groups in total. The maximum atomic E-state index is 3.57. The van der Waals surface area contributed by atoms with Crippen molar-refractivity contribution in [3.8, 4) is 0 Å². The molecule has 0 saturated carbocycles. The Hall–Kier alpha value is -1.28. The van der Waals surface area contributed by atoms with Crippen LogP contribution < -0.4 is 5.32 Å². The normalized spacial score (nSPS) is 10.4. The fourth-order valence-corrected chi connectivity index (χ4v) is 2.36. The van der Waals surface area contributed by atoms with Crippen LogP contribution in [0, 0.1) is 20.8 Å². The van der Waals surface area contributed by atoms with E-state index in [4.69, 9.17) is 0 Å². The first-order valence-corrected chi connectivity index (χ1v) is 6.92. The van der Waals surface area contributed by atoms with Gasteiger partial charge >= 0.3 is 0 Å². The lowest BCUT2D eigenvalue weighted by Crippen LogP contribution is -2.03. The van der Waals surface area contributed by atoms with Crippen LogP contribution in [-0.2, 0) is 6.54 Å². The third-order valence-corrected chi connectivity index (χ3v) is 4.00. The van der Waals surface area contributed by atoms with Gasteiger partial charge in [0.15, 0.2) is 0 Å². The number of rotatable bonds is 3. The Labute approximate surface area is 117 Å². The van der Waals surface area contributed by atoms with Crippen molar-refractivity contribution in [3.05, 3.63) is 63.1 Å². The quantitative estimate of drug-likeness (QED) is 0.842. The molecule has 0 heterocycles. The molecule has 1 nitrogen and oxygen atoms in total. The van der Waals surface area contributed by atoms with Crippen molar-refractivity contribution in [1.29, 1.82) is 0 Å². The highest BCUT2D eigenvalue weighted by atomic mass is 79.9. The summed E-state index contributed by atoms with van der Waals surface area (Å²) in [7, 11) is 0. The summed E-state index contributed by atoms with van der Waals surface area (Å²) < 4.78 is 1.11. The summed E-state index contributed by atoms with van der Waals surface area (Å²) in [5.41, 5.74) is 6.48. The minimum atomic E-state index is 0.857. The SMILES string of the molecule is Cc1ccc(Br)c(NCc2cccc(C)c2C)c1. The number of halogens is 1. The monoisotopic (exact) mass is 303 g/mol. The highest BCUT2D eigenvalue weighted by molar-refractivity contribution is 9.10. The van der Waals surface area contributed by atoms with Crippen molar-refractivity contribution >= 4 is 21.6 Å². The molecule has 0 amide bonds. The molecule has 2 aromatic carbocycles. The van der Waals surface area contributed by atoms with E-state index in [1.807, 2.05) is 0 Å². The second-order valence-corrected chi connectivity index (χ2v) is 5.55. The number of aryl methyl sites for hydroxylation is 2. The first-order chi connectivity index (χ1) is 8.58. The lowest BCUT2D eigenvalue weighted by atomic mass is 10.0. The summed E-state index contributed by atoms with van der Waals surface area (Å²) >= 11 is 3.57. The molecule has 0 aliphatic rings. The molecule has 18 heavy (non-hydrogen) atoms. The van der Waals surface area contributed by atoms with Gasteiger partial charge in [0.25, 0.3) is 0 Å². The van der Waals surface area contributed by atoms with E-state index >= 15 is 0 Å². The maximum Gasteiger partial charge on any atom is 0.0489 e. The van der Waals surface area contributed by atoms with Crippen molar-refractivity contribution in [2.75, 3.05) is 5.32 Å². The van der Waals surface area contributed by atoms with Crippen LogP contribution in [0.2, 0.25) is 0 Å². The molecule has 0 fully saturated rings. The largest absolute Gasteiger partial charge is 0.380 e. The second kappa shape index (κ2) is 5.57. The second-order valence-electron chi connectivity index (χ2n) is 4.70. The lowest BCUT2D eigenvalue weighted by Gasteiger charge is -2.12. The zero-order chi connectivity index (χ0) is 13.1. The van der Waals surface area contributed by atoms with Gasteiger partial charge in [-0.2, -0.15) is 0 Å². The molecule has 2 rings (SSSR count). The molecule has 0 bridgehead atoms. The lowest BCUT2D eigenvalue weighted by molar-refractivity contribution is 1.10. The molecule has 0 atom stereocenters.